The molecule has 1 fully saturated rings. The summed E-state index contributed by atoms with van der Waals surface area (Å²) in [5.41, 5.74) is 0.867. The van der Waals surface area contributed by atoms with E-state index in [0.29, 0.717) is 17.2 Å². The number of rotatable bonds is 1. The lowest BCUT2D eigenvalue weighted by Gasteiger charge is -2.39. The fraction of sp³-hybridized carbons (Fsp3) is 0.533. The van der Waals surface area contributed by atoms with Gasteiger partial charge in [-0.1, -0.05) is 6.92 Å². The molecule has 4 nitrogen and oxygen atoms in total. The lowest BCUT2D eigenvalue weighted by molar-refractivity contribution is -0.162. The molecule has 0 radical (unpaired) electrons. The minimum absolute atomic E-state index is 0.339. The van der Waals surface area contributed by atoms with E-state index in [1.807, 2.05) is 24.0 Å². The monoisotopic (exact) mass is 338 g/mol. The van der Waals surface area contributed by atoms with E-state index in [0.717, 1.165) is 36.0 Å². The van der Waals surface area contributed by atoms with Crippen molar-refractivity contribution in [1.29, 1.82) is 0 Å². The fourth-order valence-corrected chi connectivity index (χ4v) is 3.79. The van der Waals surface area contributed by atoms with Crippen molar-refractivity contribution in [1.82, 2.24) is 4.90 Å². The Bertz CT molecular complexity index is 567. The van der Waals surface area contributed by atoms with Crippen molar-refractivity contribution in [3.63, 3.8) is 0 Å². The second-order valence-electron chi connectivity index (χ2n) is 5.97. The van der Waals surface area contributed by atoms with E-state index in [1.54, 1.807) is 0 Å². The lowest BCUT2D eigenvalue weighted by Crippen LogP contribution is -2.53. The largest absolute Gasteiger partial charge is 0.364 e. The third kappa shape index (κ3) is 2.00. The highest BCUT2D eigenvalue weighted by Crippen LogP contribution is 2.44. The topological polar surface area (TPSA) is 52.6 Å². The van der Waals surface area contributed by atoms with Gasteiger partial charge in [-0.25, -0.2) is 0 Å². The minimum atomic E-state index is -1.52. The maximum absolute atomic E-state index is 12.4. The Kier molecular flexibility index (Phi) is 3.39. The maximum atomic E-state index is 12.4. The summed E-state index contributed by atoms with van der Waals surface area (Å²) in [6.07, 6.45) is 2.02. The second kappa shape index (κ2) is 4.83. The van der Waals surface area contributed by atoms with Crippen LogP contribution in [0.2, 0.25) is 0 Å². The number of benzene rings is 1. The summed E-state index contributed by atoms with van der Waals surface area (Å²) in [4.78, 5) is 14.3. The Balaban J connectivity index is 2.04. The predicted molar refractivity (Wildman–Crippen MR) is 81.4 cm³/mol. The maximum Gasteiger partial charge on any atom is 0.277 e. The molecular weight excluding hydrogens is 320 g/mol. The van der Waals surface area contributed by atoms with E-state index in [1.165, 1.54) is 0 Å². The summed E-state index contributed by atoms with van der Waals surface area (Å²) in [7, 11) is 0. The Morgan fingerprint density at radius 3 is 2.70 bits per heavy atom. The number of likely N-dealkylation sites (tertiary alicyclic amines) is 1. The van der Waals surface area contributed by atoms with Crippen LogP contribution in [-0.2, 0) is 10.5 Å². The number of hydrogen-bond acceptors (Lipinski definition) is 3. The second-order valence-corrected chi connectivity index (χ2v) is 6.82. The first kappa shape index (κ1) is 14.0. The molecule has 1 saturated heterocycles. The minimum Gasteiger partial charge on any atom is -0.364 e. The van der Waals surface area contributed by atoms with Crippen LogP contribution in [0.15, 0.2) is 16.6 Å². The predicted octanol–water partition coefficient (Wildman–Crippen LogP) is 2.59. The van der Waals surface area contributed by atoms with Crippen LogP contribution < -0.4 is 5.32 Å². The lowest BCUT2D eigenvalue weighted by atomic mass is 9.93. The molecule has 1 amide bonds. The molecule has 2 aliphatic heterocycles. The van der Waals surface area contributed by atoms with Gasteiger partial charge in [0.05, 0.1) is 5.69 Å². The number of anilines is 1. The van der Waals surface area contributed by atoms with Crippen LogP contribution in [-0.4, -0.2) is 29.0 Å². The molecule has 1 atom stereocenters. The standard InChI is InChI=1S/C15H19BrN2O2/c1-9-3-5-18(6-4-9)15(20)11-7-10(2)8-12(16)13(11)17-14(15)19/h7-9,20H,3-6H2,1-2H3,(H,17,19)/t15-/m1/s1. The number of halogens is 1. The van der Waals surface area contributed by atoms with Gasteiger partial charge in [-0.2, -0.15) is 0 Å². The van der Waals surface area contributed by atoms with Gasteiger partial charge in [-0.05, 0) is 59.3 Å². The van der Waals surface area contributed by atoms with Crippen LogP contribution >= 0.6 is 15.9 Å². The van der Waals surface area contributed by atoms with Gasteiger partial charge in [0.25, 0.3) is 5.91 Å². The first-order valence-electron chi connectivity index (χ1n) is 7.02. The molecule has 5 heteroatoms. The van der Waals surface area contributed by atoms with Gasteiger partial charge in [0, 0.05) is 23.1 Å². The average Bonchev–Trinajstić information content (AvgIpc) is 2.65. The van der Waals surface area contributed by atoms with Crippen molar-refractivity contribution in [2.45, 2.75) is 32.4 Å². The van der Waals surface area contributed by atoms with E-state index < -0.39 is 5.72 Å². The molecule has 0 aliphatic carbocycles. The third-order valence-corrected chi connectivity index (χ3v) is 5.03. The smallest absolute Gasteiger partial charge is 0.277 e. The number of aryl methyl sites for hydroxylation is 1. The Hall–Kier alpha value is -0.910. The van der Waals surface area contributed by atoms with E-state index in [2.05, 4.69) is 28.2 Å². The van der Waals surface area contributed by atoms with Gasteiger partial charge >= 0.3 is 0 Å². The number of carbonyl (C=O) groups excluding carboxylic acids is 1. The van der Waals surface area contributed by atoms with Crippen LogP contribution in [0.5, 0.6) is 0 Å². The van der Waals surface area contributed by atoms with Crippen LogP contribution in [0.4, 0.5) is 5.69 Å². The molecule has 0 spiro atoms. The van der Waals surface area contributed by atoms with Crippen LogP contribution in [0.25, 0.3) is 0 Å². The summed E-state index contributed by atoms with van der Waals surface area (Å²) in [6.45, 7) is 5.67. The summed E-state index contributed by atoms with van der Waals surface area (Å²) in [5.74, 6) is 0.316. The summed E-state index contributed by atoms with van der Waals surface area (Å²) >= 11 is 3.47. The van der Waals surface area contributed by atoms with E-state index >= 15 is 0 Å². The quantitative estimate of drug-likeness (QED) is 0.827. The fourth-order valence-electron chi connectivity index (χ4n) is 3.11. The van der Waals surface area contributed by atoms with E-state index in [4.69, 9.17) is 0 Å². The Morgan fingerprint density at radius 1 is 1.40 bits per heavy atom. The van der Waals surface area contributed by atoms with Crippen molar-refractivity contribution in [3.05, 3.63) is 27.7 Å². The van der Waals surface area contributed by atoms with Crippen molar-refractivity contribution in [3.8, 4) is 0 Å². The molecule has 20 heavy (non-hydrogen) atoms. The number of piperidine rings is 1. The number of carbonyl (C=O) groups is 1. The normalized spacial score (nSPS) is 27.5. The number of fused-ring (bicyclic) bond motifs is 1. The molecular formula is C15H19BrN2O2. The third-order valence-electron chi connectivity index (χ3n) is 4.41. The van der Waals surface area contributed by atoms with Crippen molar-refractivity contribution in [2.24, 2.45) is 5.92 Å². The zero-order valence-electron chi connectivity index (χ0n) is 11.7. The van der Waals surface area contributed by atoms with Crippen molar-refractivity contribution >= 4 is 27.5 Å². The Morgan fingerprint density at radius 2 is 2.05 bits per heavy atom. The van der Waals surface area contributed by atoms with Gasteiger partial charge in [-0.3, -0.25) is 9.69 Å². The van der Waals surface area contributed by atoms with Gasteiger partial charge in [0.2, 0.25) is 5.72 Å². The molecule has 2 aliphatic rings. The molecule has 108 valence electrons. The molecule has 2 heterocycles. The van der Waals surface area contributed by atoms with Crippen LogP contribution in [0.3, 0.4) is 0 Å². The SMILES string of the molecule is Cc1cc(Br)c2c(c1)[C@](O)(N1CCC(C)CC1)C(=O)N2. The number of nitrogens with zero attached hydrogens (tertiary/aromatic N) is 1. The van der Waals surface area contributed by atoms with Gasteiger partial charge in [0.15, 0.2) is 0 Å². The molecule has 0 unspecified atom stereocenters. The molecule has 2 N–H and O–H groups in total. The zero-order valence-corrected chi connectivity index (χ0v) is 13.3. The number of nitrogens with one attached hydrogen (secondary N) is 1. The van der Waals surface area contributed by atoms with Crippen LogP contribution in [0.1, 0.15) is 30.9 Å². The van der Waals surface area contributed by atoms with Gasteiger partial charge in [0.1, 0.15) is 0 Å². The molecule has 0 saturated carbocycles. The van der Waals surface area contributed by atoms with Crippen molar-refractivity contribution in [2.75, 3.05) is 18.4 Å². The number of aliphatic hydroxyl groups is 1. The summed E-state index contributed by atoms with van der Waals surface area (Å²) in [5, 5.41) is 13.9. The summed E-state index contributed by atoms with van der Waals surface area (Å²) in [6, 6.07) is 3.85. The van der Waals surface area contributed by atoms with Crippen LogP contribution in [0, 0.1) is 12.8 Å². The highest BCUT2D eigenvalue weighted by Gasteiger charge is 2.51. The zero-order chi connectivity index (χ0) is 14.5. The van der Waals surface area contributed by atoms with Gasteiger partial charge < -0.3 is 10.4 Å². The van der Waals surface area contributed by atoms with Gasteiger partial charge in [-0.15, -0.1) is 0 Å². The molecule has 0 bridgehead atoms. The molecule has 1 aromatic carbocycles. The summed E-state index contributed by atoms with van der Waals surface area (Å²) < 4.78 is 0.821. The Labute approximate surface area is 127 Å². The first-order valence-corrected chi connectivity index (χ1v) is 7.81. The highest BCUT2D eigenvalue weighted by atomic mass is 79.9. The number of hydrogen-bond donors (Lipinski definition) is 2. The molecule has 3 rings (SSSR count). The van der Waals surface area contributed by atoms with Crippen molar-refractivity contribution < 1.29 is 9.90 Å². The molecule has 1 aromatic rings. The van der Waals surface area contributed by atoms with E-state index in [-0.39, 0.29) is 5.91 Å². The molecule has 0 aromatic heterocycles. The average molecular weight is 339 g/mol. The van der Waals surface area contributed by atoms with E-state index in [9.17, 15) is 9.90 Å². The first-order chi connectivity index (χ1) is 9.42. The number of amides is 1. The highest BCUT2D eigenvalue weighted by molar-refractivity contribution is 9.10.